The highest BCUT2D eigenvalue weighted by atomic mass is 35.5. The fourth-order valence-corrected chi connectivity index (χ4v) is 2.74. The maximum atomic E-state index is 10.5. The lowest BCUT2D eigenvalue weighted by molar-refractivity contribution is 0.191. The molecule has 4 nitrogen and oxygen atoms in total. The molecule has 3 aromatic rings. The molecule has 2 heterocycles. The van der Waals surface area contributed by atoms with Crippen LogP contribution in [0.15, 0.2) is 28.7 Å². The molecular formula is C15H15ClN2O2. The van der Waals surface area contributed by atoms with Crippen LogP contribution in [0.1, 0.15) is 28.7 Å². The van der Waals surface area contributed by atoms with E-state index in [4.69, 9.17) is 16.0 Å². The standard InChI is InChI=1S/C15H15ClN2O2/c1-8-5-4-6-10-7-11(20-14(8)10)13(19)12-9(2)17-18(3)15(12)16/h4-7,13,19H,1-3H3. The lowest BCUT2D eigenvalue weighted by Gasteiger charge is -2.07. The van der Waals surface area contributed by atoms with Crippen LogP contribution < -0.4 is 0 Å². The molecule has 1 unspecified atom stereocenters. The number of fused-ring (bicyclic) bond motifs is 1. The van der Waals surface area contributed by atoms with Crippen molar-refractivity contribution in [2.75, 3.05) is 0 Å². The third-order valence-corrected chi connectivity index (χ3v) is 3.95. The Morgan fingerprint density at radius 1 is 1.35 bits per heavy atom. The first kappa shape index (κ1) is 13.2. The molecular weight excluding hydrogens is 276 g/mol. The molecule has 104 valence electrons. The number of aryl methyl sites for hydroxylation is 3. The number of benzene rings is 1. The number of rotatable bonds is 2. The molecule has 0 spiro atoms. The Morgan fingerprint density at radius 3 is 2.70 bits per heavy atom. The van der Waals surface area contributed by atoms with Crippen LogP contribution in [-0.2, 0) is 7.05 Å². The Balaban J connectivity index is 2.13. The average molecular weight is 291 g/mol. The number of furan rings is 1. The van der Waals surface area contributed by atoms with Crippen LogP contribution in [0.25, 0.3) is 11.0 Å². The van der Waals surface area contributed by atoms with E-state index in [2.05, 4.69) is 5.10 Å². The van der Waals surface area contributed by atoms with Gasteiger partial charge in [0.2, 0.25) is 0 Å². The highest BCUT2D eigenvalue weighted by Gasteiger charge is 2.24. The summed E-state index contributed by atoms with van der Waals surface area (Å²) in [6.07, 6.45) is -0.914. The molecule has 1 atom stereocenters. The van der Waals surface area contributed by atoms with E-state index in [0.717, 1.165) is 16.5 Å². The van der Waals surface area contributed by atoms with Crippen molar-refractivity contribution in [3.63, 3.8) is 0 Å². The van der Waals surface area contributed by atoms with Crippen LogP contribution >= 0.6 is 11.6 Å². The summed E-state index contributed by atoms with van der Waals surface area (Å²) in [5.41, 5.74) is 3.11. The van der Waals surface area contributed by atoms with Crippen LogP contribution in [0.5, 0.6) is 0 Å². The maximum Gasteiger partial charge on any atom is 0.141 e. The molecule has 0 saturated heterocycles. The molecule has 0 aliphatic carbocycles. The molecule has 2 aromatic heterocycles. The van der Waals surface area contributed by atoms with Gasteiger partial charge >= 0.3 is 0 Å². The van der Waals surface area contributed by atoms with Gasteiger partial charge in [0.1, 0.15) is 22.6 Å². The topological polar surface area (TPSA) is 51.2 Å². The molecule has 0 bridgehead atoms. The number of halogens is 1. The van der Waals surface area contributed by atoms with Crippen LogP contribution in [0.3, 0.4) is 0 Å². The summed E-state index contributed by atoms with van der Waals surface area (Å²) in [4.78, 5) is 0. The van der Waals surface area contributed by atoms with Crippen molar-refractivity contribution in [2.45, 2.75) is 20.0 Å². The average Bonchev–Trinajstić information content (AvgIpc) is 2.93. The van der Waals surface area contributed by atoms with Crippen molar-refractivity contribution in [2.24, 2.45) is 7.05 Å². The summed E-state index contributed by atoms with van der Waals surface area (Å²) in [5.74, 6) is 0.479. The maximum absolute atomic E-state index is 10.5. The van der Waals surface area contributed by atoms with Crippen molar-refractivity contribution >= 4 is 22.6 Å². The summed E-state index contributed by atoms with van der Waals surface area (Å²) in [6.45, 7) is 3.79. The minimum atomic E-state index is -0.914. The number of para-hydroxylation sites is 1. The molecule has 1 aromatic carbocycles. The zero-order chi connectivity index (χ0) is 14.4. The molecule has 0 radical (unpaired) electrons. The van der Waals surface area contributed by atoms with Crippen LogP contribution in [0, 0.1) is 13.8 Å². The van der Waals surface area contributed by atoms with E-state index in [9.17, 15) is 5.11 Å². The van der Waals surface area contributed by atoms with Crippen molar-refractivity contribution in [1.29, 1.82) is 0 Å². The normalized spacial score (nSPS) is 13.1. The third-order valence-electron chi connectivity index (χ3n) is 3.50. The van der Waals surface area contributed by atoms with E-state index in [1.807, 2.05) is 38.1 Å². The summed E-state index contributed by atoms with van der Waals surface area (Å²) >= 11 is 6.19. The van der Waals surface area contributed by atoms with Crippen molar-refractivity contribution in [1.82, 2.24) is 9.78 Å². The van der Waals surface area contributed by atoms with E-state index in [1.165, 1.54) is 0 Å². The van der Waals surface area contributed by atoms with Crippen molar-refractivity contribution < 1.29 is 9.52 Å². The van der Waals surface area contributed by atoms with Gasteiger partial charge in [0.25, 0.3) is 0 Å². The van der Waals surface area contributed by atoms with Gasteiger partial charge in [-0.2, -0.15) is 5.10 Å². The highest BCUT2D eigenvalue weighted by Crippen LogP contribution is 2.34. The molecule has 0 aliphatic heterocycles. The molecule has 0 saturated carbocycles. The summed E-state index contributed by atoms with van der Waals surface area (Å²) < 4.78 is 7.33. The lowest BCUT2D eigenvalue weighted by atomic mass is 10.1. The Labute approximate surface area is 121 Å². The smallest absolute Gasteiger partial charge is 0.141 e. The number of nitrogens with zero attached hydrogens (tertiary/aromatic N) is 2. The summed E-state index contributed by atoms with van der Waals surface area (Å²) in [7, 11) is 1.74. The van der Waals surface area contributed by atoms with E-state index in [0.29, 0.717) is 22.2 Å². The number of aliphatic hydroxyl groups is 1. The number of hydrogen-bond donors (Lipinski definition) is 1. The number of hydrogen-bond acceptors (Lipinski definition) is 3. The quantitative estimate of drug-likeness (QED) is 0.785. The SMILES string of the molecule is Cc1nn(C)c(Cl)c1C(O)c1cc2cccc(C)c2o1. The minimum absolute atomic E-state index is 0.423. The fourth-order valence-electron chi connectivity index (χ4n) is 2.46. The highest BCUT2D eigenvalue weighted by molar-refractivity contribution is 6.30. The first-order valence-electron chi connectivity index (χ1n) is 6.35. The third kappa shape index (κ3) is 1.92. The van der Waals surface area contributed by atoms with Crippen molar-refractivity contribution in [3.8, 4) is 0 Å². The first-order valence-corrected chi connectivity index (χ1v) is 6.73. The van der Waals surface area contributed by atoms with E-state index >= 15 is 0 Å². The Hall–Kier alpha value is -1.78. The van der Waals surface area contributed by atoms with Gasteiger partial charge in [-0.15, -0.1) is 0 Å². The van der Waals surface area contributed by atoms with Gasteiger partial charge < -0.3 is 9.52 Å². The fraction of sp³-hybridized carbons (Fsp3) is 0.267. The van der Waals surface area contributed by atoms with Gasteiger partial charge in [-0.1, -0.05) is 29.8 Å². The lowest BCUT2D eigenvalue weighted by Crippen LogP contribution is -1.99. The Morgan fingerprint density at radius 2 is 2.10 bits per heavy atom. The van der Waals surface area contributed by atoms with E-state index in [1.54, 1.807) is 11.7 Å². The number of aromatic nitrogens is 2. The Kier molecular flexibility index (Phi) is 3.07. The molecule has 0 amide bonds. The molecule has 0 aliphatic rings. The summed E-state index contributed by atoms with van der Waals surface area (Å²) in [6, 6.07) is 7.74. The molecule has 20 heavy (non-hydrogen) atoms. The predicted octanol–water partition coefficient (Wildman–Crippen LogP) is 3.52. The zero-order valence-corrected chi connectivity index (χ0v) is 12.3. The van der Waals surface area contributed by atoms with Gasteiger partial charge in [0, 0.05) is 18.0 Å². The zero-order valence-electron chi connectivity index (χ0n) is 11.5. The second-order valence-corrected chi connectivity index (χ2v) is 5.32. The summed E-state index contributed by atoms with van der Waals surface area (Å²) in [5, 5.41) is 16.1. The predicted molar refractivity (Wildman–Crippen MR) is 78.0 cm³/mol. The molecule has 1 N–H and O–H groups in total. The second kappa shape index (κ2) is 4.65. The second-order valence-electron chi connectivity index (χ2n) is 4.96. The minimum Gasteiger partial charge on any atom is -0.458 e. The van der Waals surface area contributed by atoms with Crippen molar-refractivity contribution in [3.05, 3.63) is 52.0 Å². The van der Waals surface area contributed by atoms with Gasteiger partial charge in [0.15, 0.2) is 0 Å². The molecule has 5 heteroatoms. The Bertz CT molecular complexity index is 789. The first-order chi connectivity index (χ1) is 9.49. The van der Waals surface area contributed by atoms with Gasteiger partial charge in [-0.05, 0) is 25.5 Å². The largest absolute Gasteiger partial charge is 0.458 e. The van der Waals surface area contributed by atoms with Crippen LogP contribution in [0.2, 0.25) is 5.15 Å². The van der Waals surface area contributed by atoms with Gasteiger partial charge in [-0.25, -0.2) is 0 Å². The van der Waals surface area contributed by atoms with Crippen LogP contribution in [0.4, 0.5) is 0 Å². The van der Waals surface area contributed by atoms with E-state index < -0.39 is 6.10 Å². The number of aliphatic hydroxyl groups excluding tert-OH is 1. The van der Waals surface area contributed by atoms with E-state index in [-0.39, 0.29) is 0 Å². The molecule has 3 rings (SSSR count). The van der Waals surface area contributed by atoms with Crippen LogP contribution in [-0.4, -0.2) is 14.9 Å². The molecule has 0 fully saturated rings. The van der Waals surface area contributed by atoms with Gasteiger partial charge in [0.05, 0.1) is 5.69 Å². The monoisotopic (exact) mass is 290 g/mol. The van der Waals surface area contributed by atoms with Gasteiger partial charge in [-0.3, -0.25) is 4.68 Å².